The Morgan fingerprint density at radius 1 is 1.57 bits per heavy atom. The van der Waals surface area contributed by atoms with Gasteiger partial charge in [0.1, 0.15) is 6.10 Å². The summed E-state index contributed by atoms with van der Waals surface area (Å²) in [6.45, 7) is 2.90. The van der Waals surface area contributed by atoms with Gasteiger partial charge in [-0.1, -0.05) is 6.92 Å². The predicted molar refractivity (Wildman–Crippen MR) is 52.5 cm³/mol. The number of rotatable bonds is 5. The van der Waals surface area contributed by atoms with Crippen LogP contribution in [0.3, 0.4) is 0 Å². The molecule has 80 valence electrons. The highest BCUT2D eigenvalue weighted by atomic mass is 16.3. The molecule has 1 heterocycles. The van der Waals surface area contributed by atoms with Gasteiger partial charge in [0.25, 0.3) is 0 Å². The van der Waals surface area contributed by atoms with Crippen LogP contribution in [0.25, 0.3) is 0 Å². The lowest BCUT2D eigenvalue weighted by Crippen LogP contribution is -2.26. The van der Waals surface area contributed by atoms with Crippen LogP contribution in [-0.4, -0.2) is 32.6 Å². The van der Waals surface area contributed by atoms with Gasteiger partial charge in [0.05, 0.1) is 12.3 Å². The number of aromatic nitrogens is 2. The van der Waals surface area contributed by atoms with Crippen LogP contribution in [0.5, 0.6) is 0 Å². The average Bonchev–Trinajstić information content (AvgIpc) is 2.64. The van der Waals surface area contributed by atoms with Crippen molar-refractivity contribution in [2.45, 2.75) is 32.1 Å². The first-order valence-electron chi connectivity index (χ1n) is 4.77. The van der Waals surface area contributed by atoms with Gasteiger partial charge >= 0.3 is 0 Å². The number of aliphatic hydroxyl groups excluding tert-OH is 2. The van der Waals surface area contributed by atoms with Crippen molar-refractivity contribution >= 4 is 0 Å². The fourth-order valence-electron chi connectivity index (χ4n) is 1.23. The summed E-state index contributed by atoms with van der Waals surface area (Å²) >= 11 is 0. The summed E-state index contributed by atoms with van der Waals surface area (Å²) in [6.07, 6.45) is 2.41. The molecule has 0 bridgehead atoms. The second-order valence-corrected chi connectivity index (χ2v) is 3.28. The number of nitrogens with zero attached hydrogens (tertiary/aromatic N) is 2. The number of aliphatic hydroxyl groups is 2. The minimum atomic E-state index is -0.939. The quantitative estimate of drug-likeness (QED) is 0.605. The first-order chi connectivity index (χ1) is 6.69. The van der Waals surface area contributed by atoms with E-state index in [1.807, 2.05) is 6.92 Å². The van der Waals surface area contributed by atoms with Crippen molar-refractivity contribution in [3.8, 4) is 0 Å². The zero-order chi connectivity index (χ0) is 10.6. The third-order valence-electron chi connectivity index (χ3n) is 2.05. The molecule has 0 radical (unpaired) electrons. The van der Waals surface area contributed by atoms with Crippen LogP contribution in [0, 0.1) is 0 Å². The average molecular weight is 199 g/mol. The molecule has 4 N–H and O–H groups in total. The smallest absolute Gasteiger partial charge is 0.109 e. The van der Waals surface area contributed by atoms with Gasteiger partial charge < -0.3 is 15.9 Å². The van der Waals surface area contributed by atoms with Crippen LogP contribution < -0.4 is 5.73 Å². The molecule has 2 unspecified atom stereocenters. The van der Waals surface area contributed by atoms with Gasteiger partial charge in [-0.15, -0.1) is 0 Å². The van der Waals surface area contributed by atoms with Crippen LogP contribution in [0.1, 0.15) is 25.0 Å². The third kappa shape index (κ3) is 2.54. The molecule has 0 fully saturated rings. The van der Waals surface area contributed by atoms with Crippen molar-refractivity contribution in [1.29, 1.82) is 0 Å². The molecule has 2 atom stereocenters. The van der Waals surface area contributed by atoms with Crippen LogP contribution >= 0.6 is 0 Å². The number of hydrogen-bond acceptors (Lipinski definition) is 4. The lowest BCUT2D eigenvalue weighted by atomic mass is 10.1. The summed E-state index contributed by atoms with van der Waals surface area (Å²) in [5.74, 6) is 0. The van der Waals surface area contributed by atoms with E-state index in [-0.39, 0.29) is 6.54 Å². The molecule has 0 aromatic carbocycles. The summed E-state index contributed by atoms with van der Waals surface area (Å²) in [7, 11) is 0. The largest absolute Gasteiger partial charge is 0.389 e. The number of nitrogens with two attached hydrogens (primary N) is 1. The van der Waals surface area contributed by atoms with E-state index >= 15 is 0 Å². The molecule has 0 aliphatic carbocycles. The SMILES string of the molecule is CCCn1cc(C(O)C(O)CN)cn1. The van der Waals surface area contributed by atoms with E-state index in [2.05, 4.69) is 5.10 Å². The highest BCUT2D eigenvalue weighted by Gasteiger charge is 2.18. The van der Waals surface area contributed by atoms with Gasteiger partial charge in [0, 0.05) is 24.8 Å². The molecule has 0 spiro atoms. The molecule has 5 heteroatoms. The maximum atomic E-state index is 9.59. The van der Waals surface area contributed by atoms with Crippen molar-refractivity contribution in [3.05, 3.63) is 18.0 Å². The molecule has 5 nitrogen and oxygen atoms in total. The Hall–Kier alpha value is -0.910. The van der Waals surface area contributed by atoms with Crippen LogP contribution in [-0.2, 0) is 6.54 Å². The summed E-state index contributed by atoms with van der Waals surface area (Å²) < 4.78 is 1.74. The maximum Gasteiger partial charge on any atom is 0.109 e. The molecule has 1 rings (SSSR count). The van der Waals surface area contributed by atoms with E-state index in [9.17, 15) is 10.2 Å². The highest BCUT2D eigenvalue weighted by Crippen LogP contribution is 2.15. The van der Waals surface area contributed by atoms with E-state index in [4.69, 9.17) is 5.73 Å². The van der Waals surface area contributed by atoms with Gasteiger partial charge in [-0.2, -0.15) is 5.10 Å². The second kappa shape index (κ2) is 5.09. The van der Waals surface area contributed by atoms with Gasteiger partial charge in [-0.05, 0) is 6.42 Å². The van der Waals surface area contributed by atoms with Crippen LogP contribution in [0.2, 0.25) is 0 Å². The van der Waals surface area contributed by atoms with E-state index < -0.39 is 12.2 Å². The Bertz CT molecular complexity index is 275. The second-order valence-electron chi connectivity index (χ2n) is 3.28. The van der Waals surface area contributed by atoms with E-state index in [0.717, 1.165) is 13.0 Å². The van der Waals surface area contributed by atoms with Crippen molar-refractivity contribution in [2.75, 3.05) is 6.54 Å². The fraction of sp³-hybridized carbons (Fsp3) is 0.667. The highest BCUT2D eigenvalue weighted by molar-refractivity contribution is 5.09. The minimum Gasteiger partial charge on any atom is -0.389 e. The lowest BCUT2D eigenvalue weighted by molar-refractivity contribution is 0.0243. The van der Waals surface area contributed by atoms with Crippen molar-refractivity contribution in [1.82, 2.24) is 9.78 Å². The summed E-state index contributed by atoms with van der Waals surface area (Å²) in [4.78, 5) is 0. The molecule has 0 aliphatic heterocycles. The third-order valence-corrected chi connectivity index (χ3v) is 2.05. The normalized spacial score (nSPS) is 15.4. The monoisotopic (exact) mass is 199 g/mol. The lowest BCUT2D eigenvalue weighted by Gasteiger charge is -2.13. The maximum absolute atomic E-state index is 9.59. The molecule has 0 saturated heterocycles. The molecule has 1 aromatic heterocycles. The summed E-state index contributed by atoms with van der Waals surface area (Å²) in [5, 5.41) is 22.9. The topological polar surface area (TPSA) is 84.3 Å². The molecule has 0 aliphatic rings. The first-order valence-corrected chi connectivity index (χ1v) is 4.77. The van der Waals surface area contributed by atoms with E-state index in [1.165, 1.54) is 0 Å². The molecule has 0 saturated carbocycles. The van der Waals surface area contributed by atoms with Crippen molar-refractivity contribution in [2.24, 2.45) is 5.73 Å². The van der Waals surface area contributed by atoms with E-state index in [1.54, 1.807) is 17.1 Å². The summed E-state index contributed by atoms with van der Waals surface area (Å²) in [5.41, 5.74) is 5.85. The predicted octanol–water partition coefficient (Wildman–Crippen LogP) is -0.354. The number of hydrogen-bond donors (Lipinski definition) is 3. The molecule has 0 amide bonds. The van der Waals surface area contributed by atoms with Crippen LogP contribution in [0.4, 0.5) is 0 Å². The van der Waals surface area contributed by atoms with Gasteiger partial charge in [0.2, 0.25) is 0 Å². The van der Waals surface area contributed by atoms with E-state index in [0.29, 0.717) is 5.56 Å². The van der Waals surface area contributed by atoms with Gasteiger partial charge in [-0.3, -0.25) is 4.68 Å². The first kappa shape index (κ1) is 11.2. The zero-order valence-corrected chi connectivity index (χ0v) is 8.30. The molecule has 14 heavy (non-hydrogen) atoms. The number of aryl methyl sites for hydroxylation is 1. The van der Waals surface area contributed by atoms with Gasteiger partial charge in [-0.25, -0.2) is 0 Å². The Labute approximate surface area is 83.2 Å². The van der Waals surface area contributed by atoms with Crippen molar-refractivity contribution < 1.29 is 10.2 Å². The van der Waals surface area contributed by atoms with Gasteiger partial charge in [0.15, 0.2) is 0 Å². The Morgan fingerprint density at radius 3 is 2.86 bits per heavy atom. The Kier molecular flexibility index (Phi) is 4.06. The Morgan fingerprint density at radius 2 is 2.29 bits per heavy atom. The molecular weight excluding hydrogens is 182 g/mol. The fourth-order valence-corrected chi connectivity index (χ4v) is 1.23. The van der Waals surface area contributed by atoms with Crippen LogP contribution in [0.15, 0.2) is 12.4 Å². The summed E-state index contributed by atoms with van der Waals surface area (Å²) in [6, 6.07) is 0. The zero-order valence-electron chi connectivity index (χ0n) is 8.30. The standard InChI is InChI=1S/C9H17N3O2/c1-2-3-12-6-7(5-11-12)9(14)8(13)4-10/h5-6,8-9,13-14H,2-4,10H2,1H3. The molecule has 1 aromatic rings. The molecular formula is C9H17N3O2. The Balaban J connectivity index is 2.65. The minimum absolute atomic E-state index is 0.0418. The van der Waals surface area contributed by atoms with Crippen molar-refractivity contribution in [3.63, 3.8) is 0 Å².